The molecular weight excluding hydrogens is 362 g/mol. The lowest BCUT2D eigenvalue weighted by atomic mass is 10.1. The summed E-state index contributed by atoms with van der Waals surface area (Å²) in [6.45, 7) is 3.85. The number of hydrogen-bond donors (Lipinski definition) is 1. The van der Waals surface area contributed by atoms with E-state index in [1.807, 2.05) is 50.2 Å². The minimum atomic E-state index is -3.58. The van der Waals surface area contributed by atoms with Crippen LogP contribution in [0.25, 0.3) is 0 Å². The van der Waals surface area contributed by atoms with Crippen molar-refractivity contribution in [3.05, 3.63) is 89.5 Å². The average molecular weight is 384 g/mol. The van der Waals surface area contributed by atoms with Gasteiger partial charge in [0, 0.05) is 10.6 Å². The summed E-state index contributed by atoms with van der Waals surface area (Å²) in [5.41, 5.74) is 3.71. The molecule has 0 saturated heterocycles. The van der Waals surface area contributed by atoms with E-state index in [0.29, 0.717) is 5.69 Å². The predicted octanol–water partition coefficient (Wildman–Crippen LogP) is 5.40. The third-order valence-electron chi connectivity index (χ3n) is 4.02. The van der Waals surface area contributed by atoms with Crippen LogP contribution in [0, 0.1) is 13.8 Å². The van der Waals surface area contributed by atoms with Crippen molar-refractivity contribution < 1.29 is 8.42 Å². The van der Waals surface area contributed by atoms with Crippen LogP contribution in [0.3, 0.4) is 0 Å². The summed E-state index contributed by atoms with van der Waals surface area (Å²) in [7, 11) is -3.58. The van der Waals surface area contributed by atoms with Gasteiger partial charge >= 0.3 is 0 Å². The molecule has 0 heterocycles. The van der Waals surface area contributed by atoms with E-state index in [-0.39, 0.29) is 4.90 Å². The molecule has 0 spiro atoms. The van der Waals surface area contributed by atoms with Gasteiger partial charge in [0.1, 0.15) is 0 Å². The minimum absolute atomic E-state index is 0.270. The molecule has 0 radical (unpaired) electrons. The molecule has 0 atom stereocenters. The van der Waals surface area contributed by atoms with Crippen molar-refractivity contribution in [1.29, 1.82) is 0 Å². The van der Waals surface area contributed by atoms with Crippen molar-refractivity contribution in [3.8, 4) is 0 Å². The monoisotopic (exact) mass is 383 g/mol. The molecule has 0 fully saturated rings. The number of sulfonamides is 1. The zero-order valence-electron chi connectivity index (χ0n) is 14.8. The molecule has 0 saturated carbocycles. The zero-order chi connectivity index (χ0) is 18.6. The topological polar surface area (TPSA) is 46.2 Å². The van der Waals surface area contributed by atoms with E-state index in [0.717, 1.165) is 22.4 Å². The molecule has 0 aliphatic heterocycles. The standard InChI is InChI=1S/C21H21NO2S2/c1-16-8-11-20(12-9-16)26(23,24)22-21-13-10-18(14-17(21)2)15-25-19-6-4-3-5-7-19/h3-14,22H,15H2,1-2H3. The average Bonchev–Trinajstić information content (AvgIpc) is 2.63. The maximum absolute atomic E-state index is 12.5. The molecule has 26 heavy (non-hydrogen) atoms. The van der Waals surface area contributed by atoms with Gasteiger partial charge in [0.15, 0.2) is 0 Å². The first kappa shape index (κ1) is 18.5. The molecule has 5 heteroatoms. The van der Waals surface area contributed by atoms with Crippen LogP contribution in [0.4, 0.5) is 5.69 Å². The van der Waals surface area contributed by atoms with Gasteiger partial charge in [0.2, 0.25) is 0 Å². The number of rotatable bonds is 6. The minimum Gasteiger partial charge on any atom is -0.279 e. The van der Waals surface area contributed by atoms with Gasteiger partial charge in [0.05, 0.1) is 10.6 Å². The molecule has 0 aliphatic carbocycles. The van der Waals surface area contributed by atoms with Gasteiger partial charge in [-0.05, 0) is 55.3 Å². The molecule has 0 amide bonds. The second kappa shape index (κ2) is 7.98. The fraction of sp³-hybridized carbons (Fsp3) is 0.143. The Bertz CT molecular complexity index is 982. The van der Waals surface area contributed by atoms with E-state index in [1.165, 1.54) is 4.90 Å². The Labute approximate surface area is 159 Å². The summed E-state index contributed by atoms with van der Waals surface area (Å²) in [6, 6.07) is 22.9. The van der Waals surface area contributed by atoms with Gasteiger partial charge < -0.3 is 0 Å². The summed E-state index contributed by atoms with van der Waals surface area (Å²) in [5, 5.41) is 0. The fourth-order valence-corrected chi connectivity index (χ4v) is 4.53. The van der Waals surface area contributed by atoms with Crippen molar-refractivity contribution >= 4 is 27.5 Å². The van der Waals surface area contributed by atoms with E-state index >= 15 is 0 Å². The van der Waals surface area contributed by atoms with E-state index in [4.69, 9.17) is 0 Å². The first-order valence-electron chi connectivity index (χ1n) is 8.31. The largest absolute Gasteiger partial charge is 0.279 e. The molecule has 0 aromatic heterocycles. The van der Waals surface area contributed by atoms with Gasteiger partial charge in [-0.1, -0.05) is 48.0 Å². The SMILES string of the molecule is Cc1ccc(S(=O)(=O)Nc2ccc(CSc3ccccc3)cc2C)cc1. The number of hydrogen-bond acceptors (Lipinski definition) is 3. The summed E-state index contributed by atoms with van der Waals surface area (Å²) >= 11 is 1.76. The number of anilines is 1. The molecule has 3 rings (SSSR count). The number of aryl methyl sites for hydroxylation is 2. The number of nitrogens with one attached hydrogen (secondary N) is 1. The lowest BCUT2D eigenvalue weighted by Crippen LogP contribution is -2.13. The lowest BCUT2D eigenvalue weighted by molar-refractivity contribution is 0.601. The first-order valence-corrected chi connectivity index (χ1v) is 10.8. The molecule has 134 valence electrons. The summed E-state index contributed by atoms with van der Waals surface area (Å²) in [6.07, 6.45) is 0. The lowest BCUT2D eigenvalue weighted by Gasteiger charge is -2.12. The first-order chi connectivity index (χ1) is 12.4. The maximum atomic E-state index is 12.5. The molecule has 3 aromatic rings. The molecule has 0 unspecified atom stereocenters. The van der Waals surface area contributed by atoms with Crippen LogP contribution >= 0.6 is 11.8 Å². The molecule has 0 bridgehead atoms. The smallest absolute Gasteiger partial charge is 0.261 e. The van der Waals surface area contributed by atoms with E-state index in [9.17, 15) is 8.42 Å². The van der Waals surface area contributed by atoms with Crippen LogP contribution in [-0.2, 0) is 15.8 Å². The highest BCUT2D eigenvalue weighted by Crippen LogP contribution is 2.26. The Morgan fingerprint density at radius 1 is 0.885 bits per heavy atom. The third kappa shape index (κ3) is 4.68. The maximum Gasteiger partial charge on any atom is 0.261 e. The Kier molecular flexibility index (Phi) is 5.69. The Balaban J connectivity index is 1.72. The second-order valence-electron chi connectivity index (χ2n) is 6.17. The molecule has 1 N–H and O–H groups in total. The van der Waals surface area contributed by atoms with E-state index in [1.54, 1.807) is 36.0 Å². The van der Waals surface area contributed by atoms with Crippen LogP contribution in [0.5, 0.6) is 0 Å². The van der Waals surface area contributed by atoms with Gasteiger partial charge in [-0.2, -0.15) is 0 Å². The zero-order valence-corrected chi connectivity index (χ0v) is 16.4. The normalized spacial score (nSPS) is 11.3. The van der Waals surface area contributed by atoms with Crippen LogP contribution < -0.4 is 4.72 Å². The van der Waals surface area contributed by atoms with Gasteiger partial charge in [-0.15, -0.1) is 11.8 Å². The van der Waals surface area contributed by atoms with Crippen molar-refractivity contribution in [2.75, 3.05) is 4.72 Å². The van der Waals surface area contributed by atoms with E-state index in [2.05, 4.69) is 16.9 Å². The summed E-state index contributed by atoms with van der Waals surface area (Å²) < 4.78 is 27.8. The highest BCUT2D eigenvalue weighted by Gasteiger charge is 2.15. The van der Waals surface area contributed by atoms with Gasteiger partial charge in [-0.3, -0.25) is 4.72 Å². The highest BCUT2D eigenvalue weighted by molar-refractivity contribution is 7.98. The van der Waals surface area contributed by atoms with Gasteiger partial charge in [0.25, 0.3) is 10.0 Å². The van der Waals surface area contributed by atoms with Crippen LogP contribution in [0.1, 0.15) is 16.7 Å². The summed E-state index contributed by atoms with van der Waals surface area (Å²) in [5.74, 6) is 0.843. The molecular formula is C21H21NO2S2. The third-order valence-corrected chi connectivity index (χ3v) is 6.48. The van der Waals surface area contributed by atoms with Crippen LogP contribution in [0.2, 0.25) is 0 Å². The second-order valence-corrected chi connectivity index (χ2v) is 8.90. The highest BCUT2D eigenvalue weighted by atomic mass is 32.2. The number of thioether (sulfide) groups is 1. The molecule has 0 aliphatic rings. The van der Waals surface area contributed by atoms with Crippen molar-refractivity contribution in [2.24, 2.45) is 0 Å². The van der Waals surface area contributed by atoms with Gasteiger partial charge in [-0.25, -0.2) is 8.42 Å². The quantitative estimate of drug-likeness (QED) is 0.580. The fourth-order valence-electron chi connectivity index (χ4n) is 2.53. The van der Waals surface area contributed by atoms with Crippen molar-refractivity contribution in [1.82, 2.24) is 0 Å². The van der Waals surface area contributed by atoms with Crippen molar-refractivity contribution in [2.45, 2.75) is 29.4 Å². The van der Waals surface area contributed by atoms with Crippen LogP contribution in [0.15, 0.2) is 82.6 Å². The van der Waals surface area contributed by atoms with Crippen molar-refractivity contribution in [3.63, 3.8) is 0 Å². The Morgan fingerprint density at radius 2 is 1.58 bits per heavy atom. The Hall–Kier alpha value is -2.24. The molecule has 3 nitrogen and oxygen atoms in total. The van der Waals surface area contributed by atoms with Crippen LogP contribution in [-0.4, -0.2) is 8.42 Å². The Morgan fingerprint density at radius 3 is 2.23 bits per heavy atom. The van der Waals surface area contributed by atoms with E-state index < -0.39 is 10.0 Å². The molecule has 3 aromatic carbocycles. The number of benzene rings is 3. The summed E-state index contributed by atoms with van der Waals surface area (Å²) in [4.78, 5) is 1.49. The predicted molar refractivity (Wildman–Crippen MR) is 109 cm³/mol.